The standard InChI is InChI=1S/C8H12N2O2/c1-6(2)10-4-8(9-5-10)12-7(3)11/h4-6H,1-3H3. The molecule has 0 atom stereocenters. The number of esters is 1. The molecule has 1 aromatic rings. The van der Waals surface area contributed by atoms with Crippen LogP contribution in [0.5, 0.6) is 5.88 Å². The summed E-state index contributed by atoms with van der Waals surface area (Å²) in [6, 6.07) is 0.335. The number of nitrogens with zero attached hydrogens (tertiary/aromatic N) is 2. The Kier molecular flexibility index (Phi) is 2.47. The van der Waals surface area contributed by atoms with E-state index in [0.717, 1.165) is 0 Å². The average Bonchev–Trinajstić information content (AvgIpc) is 2.34. The van der Waals surface area contributed by atoms with Crippen LogP contribution < -0.4 is 4.74 Å². The van der Waals surface area contributed by atoms with Crippen molar-refractivity contribution >= 4 is 5.97 Å². The van der Waals surface area contributed by atoms with E-state index in [2.05, 4.69) is 4.98 Å². The molecule has 0 unspecified atom stereocenters. The van der Waals surface area contributed by atoms with Crippen molar-refractivity contribution < 1.29 is 9.53 Å². The largest absolute Gasteiger partial charge is 0.406 e. The first-order valence-corrected chi connectivity index (χ1v) is 3.81. The fourth-order valence-corrected chi connectivity index (χ4v) is 0.800. The molecule has 4 nitrogen and oxygen atoms in total. The number of carbonyl (C=O) groups excluding carboxylic acids is 1. The Bertz CT molecular complexity index is 278. The van der Waals surface area contributed by atoms with Gasteiger partial charge in [-0.05, 0) is 13.8 Å². The van der Waals surface area contributed by atoms with Gasteiger partial charge in [0.25, 0.3) is 0 Å². The van der Waals surface area contributed by atoms with Crippen LogP contribution >= 0.6 is 0 Å². The highest BCUT2D eigenvalue weighted by Crippen LogP contribution is 2.10. The van der Waals surface area contributed by atoms with Gasteiger partial charge >= 0.3 is 5.97 Å². The Hall–Kier alpha value is -1.32. The van der Waals surface area contributed by atoms with Crippen LogP contribution in [0.4, 0.5) is 0 Å². The van der Waals surface area contributed by atoms with Crippen LogP contribution in [0, 0.1) is 0 Å². The third kappa shape index (κ3) is 2.08. The van der Waals surface area contributed by atoms with Crippen LogP contribution in [0.2, 0.25) is 0 Å². The number of hydrogen-bond acceptors (Lipinski definition) is 3. The van der Waals surface area contributed by atoms with Crippen LogP contribution in [0.25, 0.3) is 0 Å². The van der Waals surface area contributed by atoms with Gasteiger partial charge in [0.2, 0.25) is 5.88 Å². The summed E-state index contributed by atoms with van der Waals surface area (Å²) < 4.78 is 6.65. The number of hydrogen-bond donors (Lipinski definition) is 0. The fourth-order valence-electron chi connectivity index (χ4n) is 0.800. The molecule has 0 aliphatic rings. The molecule has 0 saturated carbocycles. The second-order valence-corrected chi connectivity index (χ2v) is 2.85. The highest BCUT2D eigenvalue weighted by Gasteiger charge is 2.03. The summed E-state index contributed by atoms with van der Waals surface area (Å²) in [4.78, 5) is 14.4. The topological polar surface area (TPSA) is 44.1 Å². The lowest BCUT2D eigenvalue weighted by Gasteiger charge is -2.03. The molecule has 4 heteroatoms. The first-order valence-electron chi connectivity index (χ1n) is 3.81. The first kappa shape index (κ1) is 8.77. The van der Waals surface area contributed by atoms with Crippen LogP contribution in [-0.2, 0) is 4.79 Å². The molecule has 66 valence electrons. The second kappa shape index (κ2) is 3.38. The molecule has 12 heavy (non-hydrogen) atoms. The summed E-state index contributed by atoms with van der Waals surface area (Å²) in [5.74, 6) is 0.0141. The van der Waals surface area contributed by atoms with E-state index in [1.54, 1.807) is 12.5 Å². The van der Waals surface area contributed by atoms with Crippen molar-refractivity contribution in [2.24, 2.45) is 0 Å². The molecule has 0 N–H and O–H groups in total. The monoisotopic (exact) mass is 168 g/mol. The molecule has 0 bridgehead atoms. The molecule has 0 spiro atoms. The first-order chi connectivity index (χ1) is 5.59. The lowest BCUT2D eigenvalue weighted by atomic mass is 10.4. The molecular formula is C8H12N2O2. The molecule has 0 aliphatic carbocycles. The van der Waals surface area contributed by atoms with E-state index in [1.165, 1.54) is 6.92 Å². The van der Waals surface area contributed by atoms with Gasteiger partial charge in [0.05, 0.1) is 12.5 Å². The maximum atomic E-state index is 10.5. The summed E-state index contributed by atoms with van der Waals surface area (Å²) in [6.45, 7) is 5.41. The predicted molar refractivity (Wildman–Crippen MR) is 43.9 cm³/mol. The van der Waals surface area contributed by atoms with Crippen LogP contribution in [0.3, 0.4) is 0 Å². The Labute approximate surface area is 71.2 Å². The highest BCUT2D eigenvalue weighted by molar-refractivity contribution is 5.68. The molecule has 0 saturated heterocycles. The lowest BCUT2D eigenvalue weighted by Crippen LogP contribution is -2.01. The highest BCUT2D eigenvalue weighted by atomic mass is 16.5. The van der Waals surface area contributed by atoms with Crippen molar-refractivity contribution in [2.75, 3.05) is 0 Å². The maximum absolute atomic E-state index is 10.5. The van der Waals surface area contributed by atoms with Gasteiger partial charge in [-0.25, -0.2) is 4.98 Å². The zero-order valence-corrected chi connectivity index (χ0v) is 7.44. The van der Waals surface area contributed by atoms with Crippen molar-refractivity contribution in [3.8, 4) is 5.88 Å². The Morgan fingerprint density at radius 3 is 2.75 bits per heavy atom. The minimum atomic E-state index is -0.344. The number of rotatable bonds is 2. The molecule has 1 aromatic heterocycles. The van der Waals surface area contributed by atoms with Crippen molar-refractivity contribution in [2.45, 2.75) is 26.8 Å². The molecule has 0 radical (unpaired) electrons. The lowest BCUT2D eigenvalue weighted by molar-refractivity contribution is -0.132. The minimum absolute atomic E-state index is 0.335. The number of carbonyl (C=O) groups is 1. The molecule has 0 amide bonds. The molecular weight excluding hydrogens is 156 g/mol. The van der Waals surface area contributed by atoms with Crippen molar-refractivity contribution in [1.82, 2.24) is 9.55 Å². The molecule has 1 heterocycles. The normalized spacial score (nSPS) is 10.3. The fraction of sp³-hybridized carbons (Fsp3) is 0.500. The van der Waals surface area contributed by atoms with Gasteiger partial charge in [-0.2, -0.15) is 0 Å². The number of aromatic nitrogens is 2. The summed E-state index contributed by atoms with van der Waals surface area (Å²) in [5.41, 5.74) is 0. The van der Waals surface area contributed by atoms with Crippen molar-refractivity contribution in [1.29, 1.82) is 0 Å². The van der Waals surface area contributed by atoms with Crippen molar-refractivity contribution in [3.63, 3.8) is 0 Å². The van der Waals surface area contributed by atoms with E-state index < -0.39 is 0 Å². The van der Waals surface area contributed by atoms with Gasteiger partial charge in [0, 0.05) is 13.0 Å². The van der Waals surface area contributed by atoms with E-state index in [0.29, 0.717) is 11.9 Å². The van der Waals surface area contributed by atoms with E-state index in [-0.39, 0.29) is 5.97 Å². The summed E-state index contributed by atoms with van der Waals surface area (Å²) in [5, 5.41) is 0. The van der Waals surface area contributed by atoms with Crippen LogP contribution in [0.15, 0.2) is 12.5 Å². The summed E-state index contributed by atoms with van der Waals surface area (Å²) in [6.07, 6.45) is 3.34. The summed E-state index contributed by atoms with van der Waals surface area (Å²) in [7, 11) is 0. The van der Waals surface area contributed by atoms with Gasteiger partial charge in [-0.15, -0.1) is 0 Å². The van der Waals surface area contributed by atoms with E-state index in [4.69, 9.17) is 4.74 Å². The van der Waals surface area contributed by atoms with Gasteiger partial charge in [-0.3, -0.25) is 4.79 Å². The van der Waals surface area contributed by atoms with E-state index in [1.807, 2.05) is 18.4 Å². The van der Waals surface area contributed by atoms with E-state index >= 15 is 0 Å². The van der Waals surface area contributed by atoms with Crippen LogP contribution in [0.1, 0.15) is 26.8 Å². The smallest absolute Gasteiger partial charge is 0.309 e. The molecule has 0 aromatic carbocycles. The third-order valence-electron chi connectivity index (χ3n) is 1.42. The van der Waals surface area contributed by atoms with E-state index in [9.17, 15) is 4.79 Å². The van der Waals surface area contributed by atoms with Gasteiger partial charge < -0.3 is 9.30 Å². The van der Waals surface area contributed by atoms with Crippen LogP contribution in [-0.4, -0.2) is 15.5 Å². The van der Waals surface area contributed by atoms with Gasteiger partial charge in [0.15, 0.2) is 0 Å². The van der Waals surface area contributed by atoms with Gasteiger partial charge in [-0.1, -0.05) is 0 Å². The number of ether oxygens (including phenoxy) is 1. The Balaban J connectivity index is 2.70. The zero-order valence-electron chi connectivity index (χ0n) is 7.44. The predicted octanol–water partition coefficient (Wildman–Crippen LogP) is 1.39. The Morgan fingerprint density at radius 1 is 1.67 bits per heavy atom. The second-order valence-electron chi connectivity index (χ2n) is 2.85. The zero-order chi connectivity index (χ0) is 9.14. The van der Waals surface area contributed by atoms with Gasteiger partial charge in [0.1, 0.15) is 0 Å². The number of imidazole rings is 1. The summed E-state index contributed by atoms with van der Waals surface area (Å²) >= 11 is 0. The molecule has 0 fully saturated rings. The quantitative estimate of drug-likeness (QED) is 0.627. The van der Waals surface area contributed by atoms with Crippen molar-refractivity contribution in [3.05, 3.63) is 12.5 Å². The maximum Gasteiger partial charge on any atom is 0.309 e. The SMILES string of the molecule is CC(=O)Oc1cn(C(C)C)cn1. The molecule has 1 rings (SSSR count). The third-order valence-corrected chi connectivity index (χ3v) is 1.42. The molecule has 0 aliphatic heterocycles. The minimum Gasteiger partial charge on any atom is -0.406 e. The Morgan fingerprint density at radius 2 is 2.33 bits per heavy atom. The average molecular weight is 168 g/mol.